The molecule has 0 saturated heterocycles. The molecule has 22 heavy (non-hydrogen) atoms. The van der Waals surface area contributed by atoms with Gasteiger partial charge < -0.3 is 5.32 Å². The van der Waals surface area contributed by atoms with Crippen LogP contribution in [0.4, 0.5) is 10.1 Å². The van der Waals surface area contributed by atoms with E-state index in [4.69, 9.17) is 0 Å². The van der Waals surface area contributed by atoms with Gasteiger partial charge in [-0.05, 0) is 47.6 Å². The molecule has 4 rings (SSSR count). The molecule has 0 spiro atoms. The first-order chi connectivity index (χ1) is 10.8. The van der Waals surface area contributed by atoms with Crippen molar-refractivity contribution in [3.8, 4) is 0 Å². The summed E-state index contributed by atoms with van der Waals surface area (Å²) < 4.78 is 13.2. The Hall–Kier alpha value is -2.09. The van der Waals surface area contributed by atoms with Gasteiger partial charge >= 0.3 is 0 Å². The zero-order valence-corrected chi connectivity index (χ0v) is 12.7. The van der Waals surface area contributed by atoms with Crippen molar-refractivity contribution < 1.29 is 4.39 Å². The molecule has 2 aromatic rings. The Morgan fingerprint density at radius 2 is 1.95 bits per heavy atom. The first-order valence-corrected chi connectivity index (χ1v) is 8.08. The van der Waals surface area contributed by atoms with Crippen LogP contribution in [-0.2, 0) is 6.42 Å². The third-order valence-corrected chi connectivity index (χ3v) is 5.09. The van der Waals surface area contributed by atoms with Crippen LogP contribution in [0, 0.1) is 11.7 Å². The van der Waals surface area contributed by atoms with Gasteiger partial charge in [-0.1, -0.05) is 49.4 Å². The molecule has 0 aromatic heterocycles. The predicted molar refractivity (Wildman–Crippen MR) is 88.6 cm³/mol. The van der Waals surface area contributed by atoms with Gasteiger partial charge in [-0.25, -0.2) is 4.39 Å². The molecule has 0 saturated carbocycles. The Labute approximate surface area is 130 Å². The van der Waals surface area contributed by atoms with E-state index < -0.39 is 0 Å². The number of hydrogen-bond donors (Lipinski definition) is 1. The fourth-order valence-electron chi connectivity index (χ4n) is 3.98. The van der Waals surface area contributed by atoms with Crippen molar-refractivity contribution in [3.05, 3.63) is 77.1 Å². The van der Waals surface area contributed by atoms with Crippen LogP contribution in [0.2, 0.25) is 0 Å². The van der Waals surface area contributed by atoms with E-state index in [1.165, 1.54) is 22.4 Å². The molecule has 1 N–H and O–H groups in total. The van der Waals surface area contributed by atoms with Crippen LogP contribution < -0.4 is 5.32 Å². The maximum Gasteiger partial charge on any atom is 0.123 e. The minimum absolute atomic E-state index is 0.171. The number of allylic oxidation sites excluding steroid dienone is 2. The maximum absolute atomic E-state index is 13.2. The van der Waals surface area contributed by atoms with Crippen LogP contribution in [0.15, 0.2) is 54.6 Å². The van der Waals surface area contributed by atoms with Gasteiger partial charge in [-0.2, -0.15) is 0 Å². The summed E-state index contributed by atoms with van der Waals surface area (Å²) in [6.45, 7) is 2.20. The molecular formula is C20H20FN. The molecule has 1 aliphatic carbocycles. The van der Waals surface area contributed by atoms with E-state index in [-0.39, 0.29) is 11.9 Å². The van der Waals surface area contributed by atoms with Crippen molar-refractivity contribution in [1.82, 2.24) is 0 Å². The van der Waals surface area contributed by atoms with Crippen LogP contribution in [0.25, 0.3) is 0 Å². The summed E-state index contributed by atoms with van der Waals surface area (Å²) in [5.41, 5.74) is 5.24. The number of aryl methyl sites for hydroxylation is 1. The van der Waals surface area contributed by atoms with Gasteiger partial charge in [-0.15, -0.1) is 0 Å². The van der Waals surface area contributed by atoms with Gasteiger partial charge in [0.2, 0.25) is 0 Å². The molecule has 0 unspecified atom stereocenters. The van der Waals surface area contributed by atoms with Gasteiger partial charge in [0.15, 0.2) is 0 Å². The summed E-state index contributed by atoms with van der Waals surface area (Å²) >= 11 is 0. The quantitative estimate of drug-likeness (QED) is 0.749. The Balaban J connectivity index is 1.81. The number of nitrogens with one attached hydrogen (secondary N) is 1. The second-order valence-corrected chi connectivity index (χ2v) is 6.26. The van der Waals surface area contributed by atoms with Crippen molar-refractivity contribution in [3.63, 3.8) is 0 Å². The normalized spacial score (nSPS) is 25.5. The summed E-state index contributed by atoms with van der Waals surface area (Å²) in [4.78, 5) is 0. The summed E-state index contributed by atoms with van der Waals surface area (Å²) in [6.07, 6.45) is 6.74. The summed E-state index contributed by atoms with van der Waals surface area (Å²) in [5.74, 6) is 0.818. The summed E-state index contributed by atoms with van der Waals surface area (Å²) in [7, 11) is 0. The van der Waals surface area contributed by atoms with Crippen LogP contribution in [0.1, 0.15) is 42.0 Å². The third kappa shape index (κ3) is 2.06. The fraction of sp³-hybridized carbons (Fsp3) is 0.300. The van der Waals surface area contributed by atoms with E-state index >= 15 is 0 Å². The highest BCUT2D eigenvalue weighted by Gasteiger charge is 2.38. The lowest BCUT2D eigenvalue weighted by Crippen LogP contribution is -2.29. The lowest BCUT2D eigenvalue weighted by Gasteiger charge is -2.38. The topological polar surface area (TPSA) is 12.0 Å². The Bertz CT molecular complexity index is 717. The molecule has 0 radical (unpaired) electrons. The average molecular weight is 293 g/mol. The molecule has 1 aliphatic heterocycles. The standard InChI is InChI=1S/C20H20FN/c1-2-13-5-3-7-17-16-6-4-8-18(16)20(22-19(13)17)14-9-11-15(21)12-10-14/h3-7,9-12,16,18,20,22H,2,8H2,1H3/t16-,18-,20-/m1/s1. The molecule has 0 bridgehead atoms. The van der Waals surface area contributed by atoms with Gasteiger partial charge in [0, 0.05) is 11.6 Å². The highest BCUT2D eigenvalue weighted by Crippen LogP contribution is 2.50. The second kappa shape index (κ2) is 5.28. The molecule has 112 valence electrons. The van der Waals surface area contributed by atoms with Crippen molar-refractivity contribution in [2.45, 2.75) is 31.7 Å². The SMILES string of the molecule is CCc1cccc2c1N[C@H](c1ccc(F)cc1)[C@@H]1CC=C[C@H]21. The number of halogens is 1. The number of benzene rings is 2. The van der Waals surface area contributed by atoms with Crippen LogP contribution >= 0.6 is 0 Å². The minimum atomic E-state index is -0.171. The number of para-hydroxylation sites is 1. The lowest BCUT2D eigenvalue weighted by molar-refractivity contribution is 0.424. The van der Waals surface area contributed by atoms with Gasteiger partial charge in [0.1, 0.15) is 5.82 Å². The van der Waals surface area contributed by atoms with Gasteiger partial charge in [0.25, 0.3) is 0 Å². The molecule has 0 fully saturated rings. The maximum atomic E-state index is 13.2. The molecular weight excluding hydrogens is 273 g/mol. The average Bonchev–Trinajstić information content (AvgIpc) is 3.04. The Morgan fingerprint density at radius 1 is 1.14 bits per heavy atom. The zero-order valence-electron chi connectivity index (χ0n) is 12.7. The van der Waals surface area contributed by atoms with Crippen LogP contribution in [-0.4, -0.2) is 0 Å². The van der Waals surface area contributed by atoms with E-state index in [0.717, 1.165) is 12.8 Å². The number of hydrogen-bond acceptors (Lipinski definition) is 1. The first kappa shape index (κ1) is 13.6. The zero-order chi connectivity index (χ0) is 15.1. The fourth-order valence-corrected chi connectivity index (χ4v) is 3.98. The second-order valence-electron chi connectivity index (χ2n) is 6.26. The molecule has 3 atom stereocenters. The van der Waals surface area contributed by atoms with Crippen molar-refractivity contribution in [1.29, 1.82) is 0 Å². The van der Waals surface area contributed by atoms with E-state index in [9.17, 15) is 4.39 Å². The Kier molecular flexibility index (Phi) is 3.25. The van der Waals surface area contributed by atoms with Gasteiger partial charge in [-0.3, -0.25) is 0 Å². The molecule has 2 aliphatic rings. The number of fused-ring (bicyclic) bond motifs is 3. The molecule has 0 amide bonds. The monoisotopic (exact) mass is 293 g/mol. The Morgan fingerprint density at radius 3 is 2.73 bits per heavy atom. The van der Waals surface area contributed by atoms with Crippen LogP contribution in [0.3, 0.4) is 0 Å². The predicted octanol–water partition coefficient (Wildman–Crippen LogP) is 5.21. The molecule has 2 heteroatoms. The highest BCUT2D eigenvalue weighted by molar-refractivity contribution is 5.64. The first-order valence-electron chi connectivity index (χ1n) is 8.08. The van der Waals surface area contributed by atoms with Crippen molar-refractivity contribution in [2.24, 2.45) is 5.92 Å². The van der Waals surface area contributed by atoms with Crippen LogP contribution in [0.5, 0.6) is 0 Å². The van der Waals surface area contributed by atoms with E-state index in [1.807, 2.05) is 12.1 Å². The van der Waals surface area contributed by atoms with Gasteiger partial charge in [0.05, 0.1) is 6.04 Å². The largest absolute Gasteiger partial charge is 0.377 e. The van der Waals surface area contributed by atoms with E-state index in [2.05, 4.69) is 42.6 Å². The number of rotatable bonds is 2. The number of anilines is 1. The third-order valence-electron chi connectivity index (χ3n) is 5.09. The summed E-state index contributed by atoms with van der Waals surface area (Å²) in [5, 5.41) is 3.76. The minimum Gasteiger partial charge on any atom is -0.377 e. The van der Waals surface area contributed by atoms with E-state index in [0.29, 0.717) is 11.8 Å². The van der Waals surface area contributed by atoms with Crippen molar-refractivity contribution in [2.75, 3.05) is 5.32 Å². The smallest absolute Gasteiger partial charge is 0.123 e. The summed E-state index contributed by atoms with van der Waals surface area (Å²) in [6, 6.07) is 13.8. The van der Waals surface area contributed by atoms with E-state index in [1.54, 1.807) is 12.1 Å². The highest BCUT2D eigenvalue weighted by atomic mass is 19.1. The molecule has 1 heterocycles. The lowest BCUT2D eigenvalue weighted by atomic mass is 9.76. The van der Waals surface area contributed by atoms with Crippen molar-refractivity contribution >= 4 is 5.69 Å². The molecule has 1 nitrogen and oxygen atoms in total. The molecule has 2 aromatic carbocycles.